The maximum absolute atomic E-state index is 13.7. The summed E-state index contributed by atoms with van der Waals surface area (Å²) < 4.78 is 7.39. The number of rotatable bonds is 7. The summed E-state index contributed by atoms with van der Waals surface area (Å²) in [6, 6.07) is 14.3. The second-order valence-electron chi connectivity index (χ2n) is 8.44. The number of hydrogen-bond acceptors (Lipinski definition) is 4. The van der Waals surface area contributed by atoms with Crippen molar-refractivity contribution in [3.63, 3.8) is 0 Å². The highest BCUT2D eigenvalue weighted by Gasteiger charge is 2.42. The molecular weight excluding hydrogens is 564 g/mol. The van der Waals surface area contributed by atoms with Crippen molar-refractivity contribution in [2.45, 2.75) is 44.1 Å². The topological polar surface area (TPSA) is 41.6 Å². The Balaban J connectivity index is 1.64. The monoisotopic (exact) mass is 590 g/mol. The summed E-state index contributed by atoms with van der Waals surface area (Å²) in [4.78, 5) is 16.5. The highest BCUT2D eigenvalue weighted by atomic mass is 79.9. The van der Waals surface area contributed by atoms with Crippen molar-refractivity contribution in [2.75, 3.05) is 11.9 Å². The molecule has 3 atom stereocenters. The number of nitrogens with zero attached hydrogens (tertiary/aromatic N) is 1. The third kappa shape index (κ3) is 5.69. The lowest BCUT2D eigenvalue weighted by Gasteiger charge is -2.39. The molecule has 33 heavy (non-hydrogen) atoms. The van der Waals surface area contributed by atoms with Gasteiger partial charge in [-0.15, -0.1) is 0 Å². The van der Waals surface area contributed by atoms with Crippen LogP contribution < -0.4 is 10.1 Å². The number of amides is 1. The molecule has 1 amide bonds. The molecule has 4 rings (SSSR count). The average Bonchev–Trinajstić information content (AvgIpc) is 3.08. The molecular formula is C26H28Br2N2O2S. The Morgan fingerprint density at radius 2 is 1.88 bits per heavy atom. The van der Waals surface area contributed by atoms with Crippen molar-refractivity contribution in [3.8, 4) is 5.75 Å². The number of para-hydroxylation sites is 1. The van der Waals surface area contributed by atoms with E-state index in [0.29, 0.717) is 12.5 Å². The summed E-state index contributed by atoms with van der Waals surface area (Å²) in [7, 11) is 0. The van der Waals surface area contributed by atoms with Crippen LogP contribution in [0.25, 0.3) is 6.08 Å². The highest BCUT2D eigenvalue weighted by molar-refractivity contribution is 9.11. The van der Waals surface area contributed by atoms with E-state index in [1.807, 2.05) is 48.5 Å². The van der Waals surface area contributed by atoms with Crippen LogP contribution in [0.5, 0.6) is 5.75 Å². The summed E-state index contributed by atoms with van der Waals surface area (Å²) >= 11 is 8.79. The molecule has 2 fully saturated rings. The maximum atomic E-state index is 13.7. The zero-order valence-electron chi connectivity index (χ0n) is 18.6. The molecule has 1 heterocycles. The minimum Gasteiger partial charge on any atom is -0.487 e. The third-order valence-corrected chi connectivity index (χ3v) is 8.38. The molecule has 7 heteroatoms. The van der Waals surface area contributed by atoms with Gasteiger partial charge in [-0.3, -0.25) is 4.79 Å². The fraction of sp³-hybridized carbons (Fsp3) is 0.346. The summed E-state index contributed by atoms with van der Waals surface area (Å²) in [5, 5.41) is 3.59. The molecule has 2 aromatic rings. The smallest absolute Gasteiger partial charge is 0.262 e. The number of anilines is 1. The van der Waals surface area contributed by atoms with E-state index >= 15 is 0 Å². The van der Waals surface area contributed by atoms with Gasteiger partial charge >= 0.3 is 0 Å². The Morgan fingerprint density at radius 3 is 2.55 bits per heavy atom. The molecule has 1 aliphatic carbocycles. The fourth-order valence-electron chi connectivity index (χ4n) is 4.46. The summed E-state index contributed by atoms with van der Waals surface area (Å²) in [6.45, 7) is 6.40. The van der Waals surface area contributed by atoms with Gasteiger partial charge in [-0.05, 0) is 86.5 Å². The van der Waals surface area contributed by atoms with Crippen molar-refractivity contribution < 1.29 is 9.53 Å². The minimum absolute atomic E-state index is 0.103. The molecule has 1 N–H and O–H groups in total. The highest BCUT2D eigenvalue weighted by Crippen LogP contribution is 2.43. The van der Waals surface area contributed by atoms with Crippen molar-refractivity contribution in [2.24, 2.45) is 5.92 Å². The Bertz CT molecular complexity index is 1020. The van der Waals surface area contributed by atoms with E-state index in [1.54, 1.807) is 17.8 Å². The van der Waals surface area contributed by atoms with Gasteiger partial charge in [0.05, 0.1) is 13.9 Å². The van der Waals surface area contributed by atoms with Crippen LogP contribution in [-0.4, -0.2) is 29.0 Å². The van der Waals surface area contributed by atoms with E-state index in [4.69, 9.17) is 4.74 Å². The van der Waals surface area contributed by atoms with Crippen LogP contribution in [0.15, 0.2) is 69.0 Å². The number of benzene rings is 2. The van der Waals surface area contributed by atoms with Crippen molar-refractivity contribution in [1.29, 1.82) is 0 Å². The molecule has 1 aliphatic heterocycles. The van der Waals surface area contributed by atoms with Crippen LogP contribution >= 0.6 is 43.6 Å². The lowest BCUT2D eigenvalue weighted by molar-refractivity contribution is -0.129. The number of hydrogen-bond donors (Lipinski definition) is 1. The van der Waals surface area contributed by atoms with Crippen LogP contribution in [0.2, 0.25) is 0 Å². The molecule has 0 aromatic heterocycles. The number of thioether (sulfide) groups is 1. The van der Waals surface area contributed by atoms with E-state index < -0.39 is 0 Å². The summed E-state index contributed by atoms with van der Waals surface area (Å²) in [5.41, 5.74) is 1.83. The SMILES string of the molecule is C=CCOc1c(Br)cc(/C=C2\SC(Nc3ccccc3)N([C@@H]3CCCC[C@@H]3C)C2=O)cc1Br. The van der Waals surface area contributed by atoms with Crippen LogP contribution in [0, 0.1) is 5.92 Å². The largest absolute Gasteiger partial charge is 0.487 e. The van der Waals surface area contributed by atoms with Crippen LogP contribution in [0.1, 0.15) is 38.2 Å². The van der Waals surface area contributed by atoms with Crippen LogP contribution in [0.3, 0.4) is 0 Å². The molecule has 1 saturated carbocycles. The standard InChI is InChI=1S/C26H28Br2N2O2S/c1-3-13-32-24-20(27)14-18(15-21(24)28)16-23-25(31)30(22-12-8-7-9-17(22)2)26(33-23)29-19-10-5-4-6-11-19/h3-6,10-11,14-17,22,26,29H,1,7-9,12-13H2,2H3/b23-16-/t17-,22+,26?/m0/s1. The molecule has 4 nitrogen and oxygen atoms in total. The number of halogens is 2. The number of carbonyl (C=O) groups excluding carboxylic acids is 1. The summed E-state index contributed by atoms with van der Waals surface area (Å²) in [6.07, 6.45) is 8.33. The van der Waals surface area contributed by atoms with Gasteiger partial charge in [0.15, 0.2) is 5.50 Å². The lowest BCUT2D eigenvalue weighted by Crippen LogP contribution is -2.48. The van der Waals surface area contributed by atoms with Gasteiger partial charge in [-0.2, -0.15) is 0 Å². The van der Waals surface area contributed by atoms with Crippen molar-refractivity contribution >= 4 is 61.3 Å². The average molecular weight is 592 g/mol. The predicted molar refractivity (Wildman–Crippen MR) is 145 cm³/mol. The van der Waals surface area contributed by atoms with E-state index in [-0.39, 0.29) is 17.4 Å². The molecule has 174 valence electrons. The van der Waals surface area contributed by atoms with Gasteiger partial charge in [0, 0.05) is 11.7 Å². The molecule has 0 bridgehead atoms. The van der Waals surface area contributed by atoms with Crippen molar-refractivity contribution in [1.82, 2.24) is 4.90 Å². The van der Waals surface area contributed by atoms with E-state index in [9.17, 15) is 4.79 Å². The van der Waals surface area contributed by atoms with Crippen LogP contribution in [0.4, 0.5) is 5.69 Å². The number of carbonyl (C=O) groups is 1. The Labute approximate surface area is 217 Å². The Hall–Kier alpha value is -1.70. The zero-order chi connectivity index (χ0) is 23.4. The van der Waals surface area contributed by atoms with Gasteiger partial charge in [0.2, 0.25) is 0 Å². The van der Waals surface area contributed by atoms with E-state index in [0.717, 1.165) is 37.3 Å². The molecule has 0 spiro atoms. The molecule has 2 aromatic carbocycles. The molecule has 1 unspecified atom stereocenters. The number of ether oxygens (including phenoxy) is 1. The third-order valence-electron chi connectivity index (χ3n) is 6.09. The molecule has 1 saturated heterocycles. The normalized spacial score (nSPS) is 24.2. The van der Waals surface area contributed by atoms with E-state index in [2.05, 4.69) is 55.6 Å². The quantitative estimate of drug-likeness (QED) is 0.265. The second-order valence-corrected chi connectivity index (χ2v) is 11.3. The first-order valence-corrected chi connectivity index (χ1v) is 13.7. The Kier molecular flexibility index (Phi) is 8.25. The predicted octanol–water partition coefficient (Wildman–Crippen LogP) is 7.67. The first-order valence-electron chi connectivity index (χ1n) is 11.2. The molecule has 2 aliphatic rings. The first-order chi connectivity index (χ1) is 16.0. The first kappa shape index (κ1) is 24.4. The zero-order valence-corrected chi connectivity index (χ0v) is 22.6. The number of nitrogens with one attached hydrogen (secondary N) is 1. The Morgan fingerprint density at radius 1 is 1.18 bits per heavy atom. The summed E-state index contributed by atoms with van der Waals surface area (Å²) in [5.74, 6) is 1.32. The van der Waals surface area contributed by atoms with E-state index in [1.165, 1.54) is 19.3 Å². The lowest BCUT2D eigenvalue weighted by atomic mass is 9.85. The van der Waals surface area contributed by atoms with Gasteiger partial charge in [-0.25, -0.2) is 0 Å². The van der Waals surface area contributed by atoms with Gasteiger partial charge in [-0.1, -0.05) is 62.4 Å². The minimum atomic E-state index is -0.126. The fourth-order valence-corrected chi connectivity index (χ4v) is 7.12. The maximum Gasteiger partial charge on any atom is 0.262 e. The van der Waals surface area contributed by atoms with Gasteiger partial charge in [0.25, 0.3) is 5.91 Å². The van der Waals surface area contributed by atoms with Crippen LogP contribution in [-0.2, 0) is 4.79 Å². The van der Waals surface area contributed by atoms with Crippen molar-refractivity contribution in [3.05, 3.63) is 74.5 Å². The van der Waals surface area contributed by atoms with Gasteiger partial charge < -0.3 is 15.0 Å². The molecule has 0 radical (unpaired) electrons. The second kappa shape index (κ2) is 11.2. The van der Waals surface area contributed by atoms with Gasteiger partial charge in [0.1, 0.15) is 12.4 Å².